The zero-order valence-electron chi connectivity index (χ0n) is 8.73. The van der Waals surface area contributed by atoms with Crippen molar-refractivity contribution in [2.24, 2.45) is 17.4 Å². The molecule has 0 heterocycles. The summed E-state index contributed by atoms with van der Waals surface area (Å²) in [5, 5.41) is 2.74. The quantitative estimate of drug-likeness (QED) is 0.617. The van der Waals surface area contributed by atoms with Gasteiger partial charge in [0.1, 0.15) is 0 Å². The van der Waals surface area contributed by atoms with Crippen molar-refractivity contribution in [3.8, 4) is 0 Å². The van der Waals surface area contributed by atoms with Crippen molar-refractivity contribution in [1.29, 1.82) is 0 Å². The largest absolute Gasteiger partial charge is 0.369 e. The second-order valence-electron chi connectivity index (χ2n) is 3.84. The van der Waals surface area contributed by atoms with Crippen LogP contribution < -0.4 is 16.8 Å². The lowest BCUT2D eigenvalue weighted by Crippen LogP contribution is -2.47. The molecule has 2 amide bonds. The van der Waals surface area contributed by atoms with Gasteiger partial charge in [-0.15, -0.1) is 12.4 Å². The summed E-state index contributed by atoms with van der Waals surface area (Å²) in [6.45, 7) is 1.61. The van der Waals surface area contributed by atoms with Crippen LogP contribution in [0.15, 0.2) is 0 Å². The molecule has 6 heteroatoms. The van der Waals surface area contributed by atoms with Crippen LogP contribution in [0.4, 0.5) is 0 Å². The Morgan fingerprint density at radius 1 is 1.40 bits per heavy atom. The maximum atomic E-state index is 11.3. The highest BCUT2D eigenvalue weighted by atomic mass is 35.5. The van der Waals surface area contributed by atoms with Gasteiger partial charge >= 0.3 is 0 Å². The average Bonchev–Trinajstić information content (AvgIpc) is 2.52. The molecule has 2 unspecified atom stereocenters. The summed E-state index contributed by atoms with van der Waals surface area (Å²) in [4.78, 5) is 22.3. The van der Waals surface area contributed by atoms with Crippen LogP contribution >= 0.6 is 12.4 Å². The summed E-state index contributed by atoms with van der Waals surface area (Å²) in [6.07, 6.45) is 2.50. The smallest absolute Gasteiger partial charge is 0.236 e. The topological polar surface area (TPSA) is 98.2 Å². The Labute approximate surface area is 95.4 Å². The predicted octanol–water partition coefficient (Wildman–Crippen LogP) is -0.474. The second kappa shape index (κ2) is 5.92. The highest BCUT2D eigenvalue weighted by Crippen LogP contribution is 2.25. The first-order valence-corrected chi connectivity index (χ1v) is 4.87. The van der Waals surface area contributed by atoms with Gasteiger partial charge in [0.25, 0.3) is 0 Å². The van der Waals surface area contributed by atoms with E-state index in [0.717, 1.165) is 19.3 Å². The van der Waals surface area contributed by atoms with E-state index in [4.69, 9.17) is 11.5 Å². The second-order valence-corrected chi connectivity index (χ2v) is 3.84. The van der Waals surface area contributed by atoms with Crippen LogP contribution in [0.3, 0.4) is 0 Å². The fraction of sp³-hybridized carbons (Fsp3) is 0.778. The molecule has 88 valence electrons. The molecule has 1 rings (SSSR count). The first kappa shape index (κ1) is 14.2. The Bertz CT molecular complexity index is 246. The molecule has 1 aliphatic rings. The molecule has 5 nitrogen and oxygen atoms in total. The van der Waals surface area contributed by atoms with Gasteiger partial charge in [-0.3, -0.25) is 9.59 Å². The third kappa shape index (κ3) is 3.68. The molecule has 3 atom stereocenters. The number of nitrogens with one attached hydrogen (secondary N) is 1. The molecule has 1 saturated carbocycles. The van der Waals surface area contributed by atoms with E-state index in [-0.39, 0.29) is 36.2 Å². The fourth-order valence-corrected chi connectivity index (χ4v) is 1.79. The molecule has 0 bridgehead atoms. The molecule has 0 aromatic heterocycles. The molecular formula is C9H18ClN3O2. The molecule has 0 saturated heterocycles. The lowest BCUT2D eigenvalue weighted by atomic mass is 10.0. The normalized spacial score (nSPS) is 26.5. The summed E-state index contributed by atoms with van der Waals surface area (Å²) in [7, 11) is 0. The van der Waals surface area contributed by atoms with Crippen molar-refractivity contribution in [2.75, 3.05) is 0 Å². The van der Waals surface area contributed by atoms with Crippen LogP contribution in [-0.2, 0) is 9.59 Å². The maximum absolute atomic E-state index is 11.3. The van der Waals surface area contributed by atoms with Crippen molar-refractivity contribution in [1.82, 2.24) is 5.32 Å². The van der Waals surface area contributed by atoms with Crippen molar-refractivity contribution >= 4 is 24.2 Å². The molecule has 5 N–H and O–H groups in total. The highest BCUT2D eigenvalue weighted by Gasteiger charge is 2.32. The van der Waals surface area contributed by atoms with Crippen molar-refractivity contribution in [3.63, 3.8) is 0 Å². The lowest BCUT2D eigenvalue weighted by molar-refractivity contribution is -0.125. The van der Waals surface area contributed by atoms with Gasteiger partial charge < -0.3 is 16.8 Å². The summed E-state index contributed by atoms with van der Waals surface area (Å²) in [5.74, 6) is -0.779. The molecule has 1 aliphatic carbocycles. The number of halogens is 1. The van der Waals surface area contributed by atoms with Crippen LogP contribution in [0, 0.1) is 5.92 Å². The molecule has 15 heavy (non-hydrogen) atoms. The van der Waals surface area contributed by atoms with Crippen molar-refractivity contribution < 1.29 is 9.59 Å². The SMILES string of the molecule is C[C@H](N)C(=O)NC1CCCC1C(N)=O.Cl. The van der Waals surface area contributed by atoms with Gasteiger partial charge in [0.2, 0.25) is 11.8 Å². The summed E-state index contributed by atoms with van der Waals surface area (Å²) in [6, 6.07) is -0.657. The maximum Gasteiger partial charge on any atom is 0.236 e. The number of carbonyl (C=O) groups is 2. The van der Waals surface area contributed by atoms with Crippen LogP contribution in [0.5, 0.6) is 0 Å². The van der Waals surface area contributed by atoms with Gasteiger partial charge in [0.05, 0.1) is 12.0 Å². The highest BCUT2D eigenvalue weighted by molar-refractivity contribution is 5.85. The van der Waals surface area contributed by atoms with E-state index < -0.39 is 6.04 Å². The molecular weight excluding hydrogens is 218 g/mol. The Kier molecular flexibility index (Phi) is 5.60. The Hall–Kier alpha value is -0.810. The van der Waals surface area contributed by atoms with E-state index in [9.17, 15) is 9.59 Å². The third-order valence-electron chi connectivity index (χ3n) is 2.62. The number of hydrogen-bond acceptors (Lipinski definition) is 3. The van der Waals surface area contributed by atoms with Gasteiger partial charge in [0, 0.05) is 6.04 Å². The van der Waals surface area contributed by atoms with Crippen LogP contribution in [0.2, 0.25) is 0 Å². The van der Waals surface area contributed by atoms with E-state index >= 15 is 0 Å². The summed E-state index contributed by atoms with van der Waals surface area (Å²) in [5.41, 5.74) is 10.6. The minimum atomic E-state index is -0.538. The fourth-order valence-electron chi connectivity index (χ4n) is 1.79. The molecule has 0 aromatic rings. The van der Waals surface area contributed by atoms with E-state index in [1.165, 1.54) is 0 Å². The van der Waals surface area contributed by atoms with Crippen LogP contribution in [0.25, 0.3) is 0 Å². The Morgan fingerprint density at radius 2 is 2.00 bits per heavy atom. The zero-order valence-corrected chi connectivity index (χ0v) is 9.55. The average molecular weight is 236 g/mol. The molecule has 0 aliphatic heterocycles. The van der Waals surface area contributed by atoms with Gasteiger partial charge in [-0.05, 0) is 19.8 Å². The molecule has 0 radical (unpaired) electrons. The summed E-state index contributed by atoms with van der Waals surface area (Å²) < 4.78 is 0. The van der Waals surface area contributed by atoms with Gasteiger partial charge in [-0.1, -0.05) is 6.42 Å². The van der Waals surface area contributed by atoms with Crippen LogP contribution in [0.1, 0.15) is 26.2 Å². The van der Waals surface area contributed by atoms with E-state index in [0.29, 0.717) is 0 Å². The van der Waals surface area contributed by atoms with Gasteiger partial charge in [0.15, 0.2) is 0 Å². The molecule has 0 aromatic carbocycles. The number of carbonyl (C=O) groups excluding carboxylic acids is 2. The number of primary amides is 1. The standard InChI is InChI=1S/C9H17N3O2.ClH/c1-5(10)9(14)12-7-4-2-3-6(7)8(11)13;/h5-7H,2-4,10H2,1H3,(H2,11,13)(H,12,14);1H/t5-,6?,7?;/m0./s1. The zero-order chi connectivity index (χ0) is 10.7. The predicted molar refractivity (Wildman–Crippen MR) is 59.4 cm³/mol. The lowest BCUT2D eigenvalue weighted by Gasteiger charge is -2.19. The Balaban J connectivity index is 0.00000196. The minimum absolute atomic E-state index is 0. The number of rotatable bonds is 3. The third-order valence-corrected chi connectivity index (χ3v) is 2.62. The first-order chi connectivity index (χ1) is 6.52. The summed E-state index contributed by atoms with van der Waals surface area (Å²) >= 11 is 0. The van der Waals surface area contributed by atoms with Crippen LogP contribution in [-0.4, -0.2) is 23.9 Å². The molecule has 0 spiro atoms. The van der Waals surface area contributed by atoms with E-state index in [2.05, 4.69) is 5.32 Å². The molecule has 1 fully saturated rings. The van der Waals surface area contributed by atoms with E-state index in [1.807, 2.05) is 0 Å². The van der Waals surface area contributed by atoms with Crippen molar-refractivity contribution in [3.05, 3.63) is 0 Å². The monoisotopic (exact) mass is 235 g/mol. The minimum Gasteiger partial charge on any atom is -0.369 e. The number of nitrogens with two attached hydrogens (primary N) is 2. The Morgan fingerprint density at radius 3 is 2.47 bits per heavy atom. The number of hydrogen-bond donors (Lipinski definition) is 3. The van der Waals surface area contributed by atoms with Gasteiger partial charge in [-0.25, -0.2) is 0 Å². The number of amides is 2. The van der Waals surface area contributed by atoms with Crippen molar-refractivity contribution in [2.45, 2.75) is 38.3 Å². The van der Waals surface area contributed by atoms with Gasteiger partial charge in [-0.2, -0.15) is 0 Å². The van der Waals surface area contributed by atoms with E-state index in [1.54, 1.807) is 6.92 Å². The first-order valence-electron chi connectivity index (χ1n) is 4.87.